The highest BCUT2D eigenvalue weighted by Crippen LogP contribution is 2.30. The number of methoxy groups -OCH3 is 1. The second-order valence-corrected chi connectivity index (χ2v) is 6.79. The molecule has 0 amide bonds. The lowest BCUT2D eigenvalue weighted by Gasteiger charge is -2.33. The van der Waals surface area contributed by atoms with Gasteiger partial charge in [-0.25, -0.2) is 4.68 Å². The first kappa shape index (κ1) is 19.2. The molecule has 8 nitrogen and oxygen atoms in total. The maximum absolute atomic E-state index is 5.61. The van der Waals surface area contributed by atoms with Crippen LogP contribution in [-0.4, -0.2) is 43.8 Å². The second kappa shape index (κ2) is 9.38. The van der Waals surface area contributed by atoms with E-state index in [1.165, 1.54) is 0 Å². The Morgan fingerprint density at radius 2 is 2.11 bits per heavy atom. The number of hydrogen-bond donors (Lipinski definition) is 0. The number of pyridine rings is 1. The first-order chi connectivity index (χ1) is 13.2. The summed E-state index contributed by atoms with van der Waals surface area (Å²) in [4.78, 5) is 6.58. The molecule has 0 aromatic carbocycles. The fourth-order valence-electron chi connectivity index (χ4n) is 3.22. The van der Waals surface area contributed by atoms with Crippen LogP contribution in [0.1, 0.15) is 37.0 Å². The van der Waals surface area contributed by atoms with Crippen LogP contribution in [0, 0.1) is 5.92 Å². The van der Waals surface area contributed by atoms with Gasteiger partial charge in [0.2, 0.25) is 0 Å². The van der Waals surface area contributed by atoms with Crippen molar-refractivity contribution in [2.75, 3.05) is 13.7 Å². The van der Waals surface area contributed by atoms with Gasteiger partial charge in [0.1, 0.15) is 5.76 Å². The number of furan rings is 1. The normalized spacial score (nSPS) is 12.8. The van der Waals surface area contributed by atoms with Crippen LogP contribution < -0.4 is 0 Å². The second-order valence-electron chi connectivity index (χ2n) is 6.79. The molecule has 3 aromatic heterocycles. The minimum absolute atomic E-state index is 0.0159. The number of aromatic nitrogens is 5. The molecule has 144 valence electrons. The summed E-state index contributed by atoms with van der Waals surface area (Å²) in [6.45, 7) is 6.90. The Labute approximate surface area is 159 Å². The van der Waals surface area contributed by atoms with E-state index in [1.54, 1.807) is 19.6 Å². The Morgan fingerprint density at radius 3 is 2.78 bits per heavy atom. The smallest absolute Gasteiger partial charge is 0.168 e. The molecule has 0 spiro atoms. The van der Waals surface area contributed by atoms with Gasteiger partial charge in [-0.15, -0.1) is 5.10 Å². The van der Waals surface area contributed by atoms with Gasteiger partial charge in [0.05, 0.1) is 32.0 Å². The van der Waals surface area contributed by atoms with Gasteiger partial charge in [-0.1, -0.05) is 19.9 Å². The van der Waals surface area contributed by atoms with Crippen LogP contribution in [0.4, 0.5) is 0 Å². The fraction of sp³-hybridized carbons (Fsp3) is 0.474. The predicted octanol–water partition coefficient (Wildman–Crippen LogP) is 2.71. The van der Waals surface area contributed by atoms with Gasteiger partial charge in [0.25, 0.3) is 0 Å². The van der Waals surface area contributed by atoms with E-state index in [0.717, 1.165) is 17.1 Å². The van der Waals surface area contributed by atoms with Gasteiger partial charge in [-0.3, -0.25) is 9.88 Å². The van der Waals surface area contributed by atoms with Crippen LogP contribution in [0.2, 0.25) is 0 Å². The first-order valence-corrected chi connectivity index (χ1v) is 9.09. The summed E-state index contributed by atoms with van der Waals surface area (Å²) in [7, 11) is 1.68. The summed E-state index contributed by atoms with van der Waals surface area (Å²) in [6.07, 6.45) is 5.37. The van der Waals surface area contributed by atoms with E-state index >= 15 is 0 Å². The van der Waals surface area contributed by atoms with Crippen molar-refractivity contribution in [3.05, 3.63) is 60.1 Å². The molecule has 1 unspecified atom stereocenters. The fourth-order valence-corrected chi connectivity index (χ4v) is 3.22. The Bertz CT molecular complexity index is 788. The molecule has 0 saturated carbocycles. The Hall–Kier alpha value is -2.58. The maximum Gasteiger partial charge on any atom is 0.168 e. The molecule has 0 bridgehead atoms. The van der Waals surface area contributed by atoms with Crippen LogP contribution in [0.25, 0.3) is 0 Å². The first-order valence-electron chi connectivity index (χ1n) is 9.09. The highest BCUT2D eigenvalue weighted by atomic mass is 16.5. The molecule has 0 aliphatic heterocycles. The summed E-state index contributed by atoms with van der Waals surface area (Å²) >= 11 is 0. The van der Waals surface area contributed by atoms with Crippen LogP contribution in [0.3, 0.4) is 0 Å². The molecule has 0 saturated heterocycles. The quantitative estimate of drug-likeness (QED) is 0.543. The largest absolute Gasteiger partial charge is 0.468 e. The van der Waals surface area contributed by atoms with Crippen molar-refractivity contribution in [1.82, 2.24) is 30.1 Å². The average molecular weight is 370 g/mol. The summed E-state index contributed by atoms with van der Waals surface area (Å²) in [6, 6.07) is 7.94. The number of hydrogen-bond acceptors (Lipinski definition) is 7. The van der Waals surface area contributed by atoms with E-state index in [0.29, 0.717) is 32.2 Å². The third-order valence-corrected chi connectivity index (χ3v) is 4.40. The number of rotatable bonds is 10. The third kappa shape index (κ3) is 4.99. The molecule has 8 heteroatoms. The molecule has 0 N–H and O–H groups in total. The van der Waals surface area contributed by atoms with E-state index in [9.17, 15) is 0 Å². The van der Waals surface area contributed by atoms with Crippen molar-refractivity contribution >= 4 is 0 Å². The van der Waals surface area contributed by atoms with Gasteiger partial charge >= 0.3 is 0 Å². The van der Waals surface area contributed by atoms with Crippen molar-refractivity contribution in [3.63, 3.8) is 0 Å². The molecule has 3 aromatic rings. The minimum atomic E-state index is 0.0159. The zero-order valence-corrected chi connectivity index (χ0v) is 16.0. The lowest BCUT2D eigenvalue weighted by Crippen LogP contribution is -2.34. The van der Waals surface area contributed by atoms with Crippen LogP contribution in [-0.2, 0) is 24.4 Å². The molecule has 3 heterocycles. The third-order valence-electron chi connectivity index (χ3n) is 4.40. The summed E-state index contributed by atoms with van der Waals surface area (Å²) in [5.74, 6) is 2.03. The van der Waals surface area contributed by atoms with Gasteiger partial charge in [0, 0.05) is 26.0 Å². The van der Waals surface area contributed by atoms with E-state index in [1.807, 2.05) is 29.1 Å². The molecular weight excluding hydrogens is 344 g/mol. The molecule has 3 rings (SSSR count). The molecule has 0 radical (unpaired) electrons. The molecule has 0 aliphatic rings. The molecule has 27 heavy (non-hydrogen) atoms. The Kier molecular flexibility index (Phi) is 6.67. The van der Waals surface area contributed by atoms with E-state index in [2.05, 4.69) is 45.3 Å². The van der Waals surface area contributed by atoms with Crippen molar-refractivity contribution in [1.29, 1.82) is 0 Å². The van der Waals surface area contributed by atoms with Crippen LogP contribution in [0.5, 0.6) is 0 Å². The maximum atomic E-state index is 5.61. The number of nitrogens with zero attached hydrogens (tertiary/aromatic N) is 6. The minimum Gasteiger partial charge on any atom is -0.468 e. The van der Waals surface area contributed by atoms with Gasteiger partial charge in [0.15, 0.2) is 5.82 Å². The number of tetrazole rings is 1. The van der Waals surface area contributed by atoms with Crippen molar-refractivity contribution < 1.29 is 9.15 Å². The van der Waals surface area contributed by atoms with Crippen LogP contribution >= 0.6 is 0 Å². The highest BCUT2D eigenvalue weighted by Gasteiger charge is 2.30. The molecule has 1 atom stereocenters. The average Bonchev–Trinajstić information content (AvgIpc) is 3.33. The zero-order chi connectivity index (χ0) is 19.1. The highest BCUT2D eigenvalue weighted by molar-refractivity contribution is 5.10. The van der Waals surface area contributed by atoms with Gasteiger partial charge in [-0.05, 0) is 40.1 Å². The van der Waals surface area contributed by atoms with Crippen molar-refractivity contribution in [3.8, 4) is 0 Å². The molecule has 0 fully saturated rings. The standard InChI is InChI=1S/C19H26N6O2/c1-15(2)18(19-21-22-23-25(19)9-11-26-3)24(14-17-7-5-10-27-17)13-16-6-4-8-20-12-16/h4-8,10,12,15,18H,9,11,13-14H2,1-3H3. The monoisotopic (exact) mass is 370 g/mol. The topological polar surface area (TPSA) is 82.1 Å². The predicted molar refractivity (Wildman–Crippen MR) is 99.5 cm³/mol. The summed E-state index contributed by atoms with van der Waals surface area (Å²) in [5.41, 5.74) is 1.13. The summed E-state index contributed by atoms with van der Waals surface area (Å²) in [5, 5.41) is 12.4. The lowest BCUT2D eigenvalue weighted by atomic mass is 10.0. The van der Waals surface area contributed by atoms with Gasteiger partial charge in [-0.2, -0.15) is 0 Å². The van der Waals surface area contributed by atoms with E-state index in [-0.39, 0.29) is 6.04 Å². The Morgan fingerprint density at radius 1 is 1.22 bits per heavy atom. The SMILES string of the molecule is COCCn1nnnc1C(C(C)C)N(Cc1cccnc1)Cc1ccco1. The molecule has 0 aliphatic carbocycles. The summed E-state index contributed by atoms with van der Waals surface area (Å²) < 4.78 is 12.6. The molecular formula is C19H26N6O2. The zero-order valence-electron chi connectivity index (χ0n) is 16.0. The van der Waals surface area contributed by atoms with E-state index < -0.39 is 0 Å². The number of ether oxygens (including phenoxy) is 1. The van der Waals surface area contributed by atoms with Crippen molar-refractivity contribution in [2.24, 2.45) is 5.92 Å². The van der Waals surface area contributed by atoms with Crippen molar-refractivity contribution in [2.45, 2.75) is 39.5 Å². The van der Waals surface area contributed by atoms with E-state index in [4.69, 9.17) is 9.15 Å². The Balaban J connectivity index is 1.92. The van der Waals surface area contributed by atoms with Crippen LogP contribution in [0.15, 0.2) is 47.3 Å². The lowest BCUT2D eigenvalue weighted by molar-refractivity contribution is 0.113. The van der Waals surface area contributed by atoms with Gasteiger partial charge < -0.3 is 9.15 Å².